The molecule has 3 fully saturated rings. The van der Waals surface area contributed by atoms with E-state index in [9.17, 15) is 61.3 Å². The van der Waals surface area contributed by atoms with Gasteiger partial charge < -0.3 is 30.6 Å². The van der Waals surface area contributed by atoms with Crippen LogP contribution in [0.3, 0.4) is 0 Å². The van der Waals surface area contributed by atoms with Crippen molar-refractivity contribution in [1.82, 2.24) is 9.82 Å². The molecular formula is C63H51F12GaN6O15S3. The van der Waals surface area contributed by atoms with Gasteiger partial charge in [-0.05, 0) is 0 Å². The number of halogens is 12. The van der Waals surface area contributed by atoms with Crippen LogP contribution in [0.4, 0.5) is 52.7 Å². The molecule has 9 heterocycles. The predicted octanol–water partition coefficient (Wildman–Crippen LogP) is 4.57. The summed E-state index contributed by atoms with van der Waals surface area (Å²) in [6, 6.07) is 6.98. The Hall–Kier alpha value is -6.80. The van der Waals surface area contributed by atoms with E-state index in [1.807, 2.05) is 0 Å². The molecule has 0 saturated carbocycles. The summed E-state index contributed by atoms with van der Waals surface area (Å²) in [5.41, 5.74) is -15.8. The van der Waals surface area contributed by atoms with Crippen molar-refractivity contribution in [2.45, 2.75) is 104 Å². The van der Waals surface area contributed by atoms with Gasteiger partial charge in [0.2, 0.25) is 0 Å². The van der Waals surface area contributed by atoms with Crippen molar-refractivity contribution in [2.24, 2.45) is 15.0 Å². The molecule has 6 aliphatic heterocycles. The van der Waals surface area contributed by atoms with Crippen LogP contribution < -0.4 is 0 Å². The quantitative estimate of drug-likeness (QED) is 0.0319. The maximum absolute atomic E-state index is 17.5. The Labute approximate surface area is 573 Å². The molecule has 0 spiro atoms. The number of rotatable bonds is 18. The van der Waals surface area contributed by atoms with Gasteiger partial charge in [-0.15, -0.1) is 0 Å². The third-order valence-corrected chi connectivity index (χ3v) is 26.6. The van der Waals surface area contributed by atoms with Gasteiger partial charge >= 0.3 is 546 Å². The summed E-state index contributed by atoms with van der Waals surface area (Å²) in [7, 11) is 0. The molecule has 0 aliphatic carbocycles. The maximum atomic E-state index is 17.5. The molecular weight excluding hydrogens is 1470 g/mol. The second kappa shape index (κ2) is 29.5. The SMILES string of the molecule is OCC1O[C@@H](Sc2c(F)c(F)c(/C(=C3\C=CC=N3)c3ccc[n]3[Ga]([n]3cccc3/C(=C3/C=CC=N3)c3c(F)c(F)c(S[C@@H]4OC(CO)[C@H](O)[C@H](O)C4O)c(F)c3F)[n]3cccc3/C(=C3/C=CC=N3)c3c(F)c(F)c(S[C@@H]4OC(CO)[C@H](O)[C@H](O)C4O)c(F)c3F)c(F)c2F)C(O)[C@@H](O)[C@H]1O. The third kappa shape index (κ3) is 12.6. The summed E-state index contributed by atoms with van der Waals surface area (Å²) in [4.78, 5) is 8.14. The van der Waals surface area contributed by atoms with Crippen molar-refractivity contribution in [1.29, 1.82) is 0 Å². The van der Waals surface area contributed by atoms with Crippen LogP contribution in [0.15, 0.2) is 138 Å². The Morgan fingerprint density at radius 2 is 0.600 bits per heavy atom. The van der Waals surface area contributed by atoms with E-state index in [-0.39, 0.29) is 35.3 Å². The molecule has 100 heavy (non-hydrogen) atoms. The van der Waals surface area contributed by atoms with Crippen LogP contribution in [-0.4, -0.2) is 216 Å². The fraction of sp³-hybridized carbons (Fsp3) is 0.286. The molecule has 37 heteroatoms. The summed E-state index contributed by atoms with van der Waals surface area (Å²) >= 11 is -5.92. The van der Waals surface area contributed by atoms with Gasteiger partial charge in [-0.1, -0.05) is 0 Å². The van der Waals surface area contributed by atoms with Crippen molar-refractivity contribution < 1.29 is 128 Å². The molecule has 12 N–H and O–H groups in total. The standard InChI is InChI=1S/3C21H17F4N2O5S.Ga/c3*22-13-12(11(8-3-1-5-26-8)9-4-2-6-27-9)14(23)16(25)20(15(13)24)33-21-19(31)18(30)17(29)10(7-28)32-21;/h3*1-6,10,17-19,21,28-31H,7H2;/q3*-1;+3/b3*11-8+;/t3*10?,17-,18-,19?,21-;/m000./s1. The minimum atomic E-state index is -5.36. The van der Waals surface area contributed by atoms with Gasteiger partial charge in [0.25, 0.3) is 0 Å². The summed E-state index contributed by atoms with van der Waals surface area (Å²) < 4.78 is 226. The van der Waals surface area contributed by atoms with Gasteiger partial charge in [0.15, 0.2) is 0 Å². The smallest absolute Gasteiger partial charge is 0.388 e. The molecule has 528 valence electrons. The number of aliphatic hydroxyl groups excluding tert-OH is 12. The molecule has 0 bridgehead atoms. The van der Waals surface area contributed by atoms with Crippen molar-refractivity contribution in [3.8, 4) is 0 Å². The Morgan fingerprint density at radius 1 is 0.360 bits per heavy atom. The minimum Gasteiger partial charge on any atom is -0.388 e. The molecule has 12 rings (SSSR count). The second-order valence-corrected chi connectivity index (χ2v) is 31.0. The Morgan fingerprint density at radius 3 is 0.810 bits per heavy atom. The zero-order valence-corrected chi connectivity index (χ0v) is 55.2. The number of ether oxygens (including phenoxy) is 3. The molecule has 6 aromatic rings. The first-order chi connectivity index (χ1) is 47.8. The van der Waals surface area contributed by atoms with E-state index in [1.54, 1.807) is 0 Å². The monoisotopic (exact) mass is 1520 g/mol. The molecule has 0 amide bonds. The first-order valence-corrected chi connectivity index (χ1v) is 35.5. The van der Waals surface area contributed by atoms with Crippen molar-refractivity contribution >= 4 is 87.6 Å². The molecule has 3 aromatic heterocycles. The van der Waals surface area contributed by atoms with Crippen LogP contribution in [0.1, 0.15) is 33.8 Å². The Bertz CT molecular complexity index is 3960. The number of allylic oxidation sites excluding steroid dienone is 6. The zero-order valence-electron chi connectivity index (χ0n) is 50.3. The normalized spacial score (nSPS) is 28.7. The van der Waals surface area contributed by atoms with E-state index in [1.165, 1.54) is 64.8 Å². The van der Waals surface area contributed by atoms with Crippen LogP contribution in [0.25, 0.3) is 16.7 Å². The summed E-state index contributed by atoms with van der Waals surface area (Å²) in [6.07, 6.45) is -9.97. The van der Waals surface area contributed by atoms with E-state index < -0.39 is 278 Å². The van der Waals surface area contributed by atoms with Crippen molar-refractivity contribution in [3.63, 3.8) is 0 Å². The first-order valence-electron chi connectivity index (χ1n) is 29.6. The first kappa shape index (κ1) is 73.0. The molecule has 6 unspecified atom stereocenters. The Balaban J connectivity index is 1.08. The second-order valence-electron chi connectivity index (χ2n) is 22.8. The van der Waals surface area contributed by atoms with E-state index in [2.05, 4.69) is 15.0 Å². The number of benzene rings is 3. The van der Waals surface area contributed by atoms with Gasteiger partial charge in [-0.2, -0.15) is 0 Å². The fourth-order valence-electron chi connectivity index (χ4n) is 12.0. The average Bonchev–Trinajstić information content (AvgIpc) is 1.43. The average molecular weight is 1530 g/mol. The zero-order chi connectivity index (χ0) is 71.8. The number of hydrogen-bond acceptors (Lipinski definition) is 21. The van der Waals surface area contributed by atoms with Gasteiger partial charge in [-0.3, -0.25) is 0 Å². The van der Waals surface area contributed by atoms with E-state index in [4.69, 9.17) is 14.2 Å². The number of hydrogen-bond donors (Lipinski definition) is 12. The van der Waals surface area contributed by atoms with Gasteiger partial charge in [-0.25, -0.2) is 0 Å². The van der Waals surface area contributed by atoms with Crippen LogP contribution in [-0.2, 0) is 14.2 Å². The van der Waals surface area contributed by atoms with Crippen molar-refractivity contribution in [3.05, 3.63) is 212 Å². The van der Waals surface area contributed by atoms with E-state index in [0.717, 1.165) is 55.1 Å². The van der Waals surface area contributed by atoms with Gasteiger partial charge in [0, 0.05) is 0 Å². The van der Waals surface area contributed by atoms with Crippen LogP contribution in [0.5, 0.6) is 0 Å². The molecule has 3 saturated heterocycles. The predicted molar refractivity (Wildman–Crippen MR) is 334 cm³/mol. The molecule has 21 nitrogen and oxygen atoms in total. The number of aliphatic hydroxyl groups is 12. The van der Waals surface area contributed by atoms with Gasteiger partial charge in [0.05, 0.1) is 0 Å². The van der Waals surface area contributed by atoms with Crippen LogP contribution in [0.2, 0.25) is 0 Å². The Kier molecular flexibility index (Phi) is 21.5. The van der Waals surface area contributed by atoms with Crippen LogP contribution >= 0.6 is 35.3 Å². The molecule has 0 radical (unpaired) electrons. The van der Waals surface area contributed by atoms with Crippen LogP contribution in [0, 0.1) is 69.8 Å². The van der Waals surface area contributed by atoms with Gasteiger partial charge in [0.1, 0.15) is 0 Å². The number of nitrogens with zero attached hydrogens (tertiary/aromatic N) is 6. The number of thioether (sulfide) groups is 3. The minimum absolute atomic E-state index is 0.185. The summed E-state index contributed by atoms with van der Waals surface area (Å²) in [5, 5.41) is 124. The van der Waals surface area contributed by atoms with E-state index >= 15 is 52.7 Å². The fourth-order valence-corrected chi connectivity index (χ4v) is 21.5. The molecule has 6 aliphatic rings. The van der Waals surface area contributed by atoms with Crippen molar-refractivity contribution in [2.75, 3.05) is 19.8 Å². The topological polar surface area (TPSA) is 322 Å². The summed E-state index contributed by atoms with van der Waals surface area (Å²) in [6.45, 7) is -3.05. The third-order valence-electron chi connectivity index (χ3n) is 16.9. The molecule has 3 aromatic carbocycles. The molecule has 15 atom stereocenters. The van der Waals surface area contributed by atoms with E-state index in [0.29, 0.717) is 0 Å². The number of aliphatic imine (C=N–C) groups is 3. The number of aromatic nitrogens is 3. The summed E-state index contributed by atoms with van der Waals surface area (Å²) in [5.74, 6) is -25.9.